The number of carboxylic acid groups (broad SMARTS) is 1. The summed E-state index contributed by atoms with van der Waals surface area (Å²) in [6.07, 6.45) is -2.70. The Balaban J connectivity index is 3.50. The number of rotatable bonds is 9. The minimum atomic E-state index is -1.81. The highest BCUT2D eigenvalue weighted by molar-refractivity contribution is 6.30. The van der Waals surface area contributed by atoms with Gasteiger partial charge in [0.2, 0.25) is 5.91 Å². The van der Waals surface area contributed by atoms with E-state index in [1.54, 1.807) is 48.5 Å². The molecule has 0 spiro atoms. The molecule has 0 saturated carbocycles. The van der Waals surface area contributed by atoms with Gasteiger partial charge >= 0.3 is 18.2 Å². The number of amides is 2. The van der Waals surface area contributed by atoms with Gasteiger partial charge in [0.25, 0.3) is 0 Å². The van der Waals surface area contributed by atoms with Crippen LogP contribution >= 0.6 is 11.6 Å². The Bertz CT molecular complexity index is 952. The third-order valence-electron chi connectivity index (χ3n) is 4.83. The van der Waals surface area contributed by atoms with E-state index < -0.39 is 53.2 Å². The molecule has 0 aliphatic heterocycles. The van der Waals surface area contributed by atoms with Crippen molar-refractivity contribution < 1.29 is 38.5 Å². The number of ether oxygens (including phenoxy) is 3. The third-order valence-corrected chi connectivity index (χ3v) is 5.07. The van der Waals surface area contributed by atoms with E-state index >= 15 is 0 Å². The molecule has 1 aromatic rings. The standard InChI is InChI=1S/C24H35ClN2O8/c1-8-17(27-20(31)34-22(2,3)4)24(19(26)30,13-18(28)29)12-14-11-15(25)9-10-16(14)33-21(32)35-23(5,6)7/h9-11,17H,8,12-13H2,1-7H3,(H2,26,30)(H,27,31)(H,28,29)/t17?,24-/m1/s1. The molecule has 1 aromatic carbocycles. The van der Waals surface area contributed by atoms with E-state index in [1.807, 2.05) is 0 Å². The highest BCUT2D eigenvalue weighted by Crippen LogP contribution is 2.37. The molecule has 0 radical (unpaired) electrons. The Hall–Kier alpha value is -3.01. The van der Waals surface area contributed by atoms with Crippen LogP contribution in [0.5, 0.6) is 5.75 Å². The molecule has 10 nitrogen and oxygen atoms in total. The SMILES string of the molecule is CCC(NC(=O)OC(C)(C)C)[C@](CC(=O)O)(Cc1cc(Cl)ccc1OC(=O)OC(C)(C)C)C(N)=O. The highest BCUT2D eigenvalue weighted by Gasteiger charge is 2.47. The molecule has 2 atom stereocenters. The van der Waals surface area contributed by atoms with Gasteiger partial charge in [-0.05, 0) is 78.1 Å². The Morgan fingerprint density at radius 2 is 1.63 bits per heavy atom. The largest absolute Gasteiger partial charge is 0.514 e. The summed E-state index contributed by atoms with van der Waals surface area (Å²) >= 11 is 6.15. The number of halogens is 1. The predicted octanol–water partition coefficient (Wildman–Crippen LogP) is 4.45. The number of carbonyl (C=O) groups is 4. The second-order valence-electron chi connectivity index (χ2n) is 10.2. The summed E-state index contributed by atoms with van der Waals surface area (Å²) in [6.45, 7) is 11.6. The molecule has 35 heavy (non-hydrogen) atoms. The molecule has 0 bridgehead atoms. The summed E-state index contributed by atoms with van der Waals surface area (Å²) in [4.78, 5) is 49.5. The van der Waals surface area contributed by atoms with Gasteiger partial charge in [-0.25, -0.2) is 9.59 Å². The summed E-state index contributed by atoms with van der Waals surface area (Å²) < 4.78 is 15.8. The predicted molar refractivity (Wildman–Crippen MR) is 129 cm³/mol. The number of aliphatic carboxylic acids is 1. The summed E-state index contributed by atoms with van der Waals surface area (Å²) in [7, 11) is 0. The van der Waals surface area contributed by atoms with Crippen molar-refractivity contribution in [2.24, 2.45) is 11.1 Å². The Kier molecular flexibility index (Phi) is 9.96. The van der Waals surface area contributed by atoms with Gasteiger partial charge in [0.15, 0.2) is 0 Å². The van der Waals surface area contributed by atoms with E-state index in [0.29, 0.717) is 0 Å². The first kappa shape index (κ1) is 30.0. The number of nitrogens with one attached hydrogen (secondary N) is 1. The maximum absolute atomic E-state index is 12.8. The molecular weight excluding hydrogens is 480 g/mol. The molecule has 196 valence electrons. The summed E-state index contributed by atoms with van der Waals surface area (Å²) in [5.74, 6) is -2.28. The fourth-order valence-corrected chi connectivity index (χ4v) is 3.69. The molecule has 0 fully saturated rings. The van der Waals surface area contributed by atoms with Crippen molar-refractivity contribution in [3.05, 3.63) is 28.8 Å². The number of carboxylic acids is 1. The van der Waals surface area contributed by atoms with Gasteiger partial charge in [-0.2, -0.15) is 0 Å². The van der Waals surface area contributed by atoms with Crippen molar-refractivity contribution in [3.63, 3.8) is 0 Å². The number of carbonyl (C=O) groups excluding carboxylic acids is 3. The molecule has 0 saturated heterocycles. The first-order valence-corrected chi connectivity index (χ1v) is 11.5. The highest BCUT2D eigenvalue weighted by atomic mass is 35.5. The van der Waals surface area contributed by atoms with Crippen LogP contribution in [0.25, 0.3) is 0 Å². The van der Waals surface area contributed by atoms with E-state index in [0.717, 1.165) is 0 Å². The van der Waals surface area contributed by atoms with Gasteiger partial charge in [-0.1, -0.05) is 18.5 Å². The molecule has 1 rings (SSSR count). The van der Waals surface area contributed by atoms with Crippen LogP contribution in [0.1, 0.15) is 66.9 Å². The number of hydrogen-bond acceptors (Lipinski definition) is 7. The lowest BCUT2D eigenvalue weighted by molar-refractivity contribution is -0.146. The summed E-state index contributed by atoms with van der Waals surface area (Å²) in [6, 6.07) is 3.26. The lowest BCUT2D eigenvalue weighted by Gasteiger charge is -2.38. The minimum Gasteiger partial charge on any atom is -0.481 e. The zero-order valence-corrected chi connectivity index (χ0v) is 21.9. The van der Waals surface area contributed by atoms with Gasteiger partial charge in [-0.15, -0.1) is 0 Å². The number of benzene rings is 1. The quantitative estimate of drug-likeness (QED) is 0.322. The number of nitrogens with two attached hydrogens (primary N) is 1. The van der Waals surface area contributed by atoms with Gasteiger partial charge < -0.3 is 30.4 Å². The number of primary amides is 1. The molecular formula is C24H35ClN2O8. The van der Waals surface area contributed by atoms with E-state index in [9.17, 15) is 24.3 Å². The Morgan fingerprint density at radius 3 is 2.09 bits per heavy atom. The minimum absolute atomic E-state index is 0.00628. The van der Waals surface area contributed by atoms with Crippen LogP contribution in [0.3, 0.4) is 0 Å². The first-order chi connectivity index (χ1) is 15.9. The van der Waals surface area contributed by atoms with Crippen LogP contribution in [0.15, 0.2) is 18.2 Å². The molecule has 0 aliphatic rings. The second kappa shape index (κ2) is 11.6. The molecule has 0 heterocycles. The van der Waals surface area contributed by atoms with Crippen molar-refractivity contribution in [2.75, 3.05) is 0 Å². The molecule has 11 heteroatoms. The number of alkyl carbamates (subject to hydrolysis) is 1. The second-order valence-corrected chi connectivity index (χ2v) is 10.6. The molecule has 2 amide bonds. The first-order valence-electron chi connectivity index (χ1n) is 11.1. The van der Waals surface area contributed by atoms with Gasteiger partial charge in [0.05, 0.1) is 11.8 Å². The van der Waals surface area contributed by atoms with Gasteiger partial charge in [0, 0.05) is 11.1 Å². The maximum atomic E-state index is 12.8. The van der Waals surface area contributed by atoms with Crippen LogP contribution in [0, 0.1) is 5.41 Å². The van der Waals surface area contributed by atoms with E-state index in [2.05, 4.69) is 5.32 Å². The van der Waals surface area contributed by atoms with E-state index in [4.69, 9.17) is 31.5 Å². The lowest BCUT2D eigenvalue weighted by Crippen LogP contribution is -2.57. The smallest absolute Gasteiger partial charge is 0.481 e. The third kappa shape index (κ3) is 9.64. The average Bonchev–Trinajstić information content (AvgIpc) is 2.64. The normalized spacial score (nSPS) is 14.3. The molecule has 0 aliphatic carbocycles. The fraction of sp³-hybridized carbons (Fsp3) is 0.583. The zero-order valence-electron chi connectivity index (χ0n) is 21.2. The van der Waals surface area contributed by atoms with Crippen molar-refractivity contribution >= 4 is 35.7 Å². The zero-order chi connectivity index (χ0) is 27.2. The van der Waals surface area contributed by atoms with Crippen LogP contribution in [-0.2, 0) is 25.5 Å². The van der Waals surface area contributed by atoms with Crippen molar-refractivity contribution in [1.82, 2.24) is 5.32 Å². The molecule has 1 unspecified atom stereocenters. The number of hydrogen-bond donors (Lipinski definition) is 3. The summed E-state index contributed by atoms with van der Waals surface area (Å²) in [5.41, 5.74) is 2.53. The van der Waals surface area contributed by atoms with E-state index in [1.165, 1.54) is 18.2 Å². The van der Waals surface area contributed by atoms with Crippen molar-refractivity contribution in [1.29, 1.82) is 0 Å². The monoisotopic (exact) mass is 514 g/mol. The Labute approximate surface area is 210 Å². The summed E-state index contributed by atoms with van der Waals surface area (Å²) in [5, 5.41) is 12.5. The molecule has 0 aromatic heterocycles. The van der Waals surface area contributed by atoms with Crippen LogP contribution in [0.4, 0.5) is 9.59 Å². The van der Waals surface area contributed by atoms with Crippen LogP contribution < -0.4 is 15.8 Å². The topological polar surface area (TPSA) is 154 Å². The van der Waals surface area contributed by atoms with E-state index in [-0.39, 0.29) is 29.2 Å². The Morgan fingerprint density at radius 1 is 1.06 bits per heavy atom. The maximum Gasteiger partial charge on any atom is 0.514 e. The van der Waals surface area contributed by atoms with Crippen molar-refractivity contribution in [3.8, 4) is 5.75 Å². The van der Waals surface area contributed by atoms with Gasteiger partial charge in [-0.3, -0.25) is 9.59 Å². The van der Waals surface area contributed by atoms with Crippen molar-refractivity contribution in [2.45, 2.75) is 85.0 Å². The van der Waals surface area contributed by atoms with Crippen LogP contribution in [-0.4, -0.2) is 46.5 Å². The lowest BCUT2D eigenvalue weighted by atomic mass is 9.70. The molecule has 4 N–H and O–H groups in total. The van der Waals surface area contributed by atoms with Gasteiger partial charge in [0.1, 0.15) is 17.0 Å². The average molecular weight is 515 g/mol. The fourth-order valence-electron chi connectivity index (χ4n) is 3.49. The van der Waals surface area contributed by atoms with Crippen LogP contribution in [0.2, 0.25) is 5.02 Å².